The molecule has 0 amide bonds. The second kappa shape index (κ2) is 8.19. The number of ketones is 1. The minimum Gasteiger partial charge on any atom is -0.494 e. The summed E-state index contributed by atoms with van der Waals surface area (Å²) in [4.78, 5) is 12.4. The van der Waals surface area contributed by atoms with Gasteiger partial charge in [0.2, 0.25) is 0 Å². The summed E-state index contributed by atoms with van der Waals surface area (Å²) in [7, 11) is 1.92. The van der Waals surface area contributed by atoms with Crippen molar-refractivity contribution in [2.24, 2.45) is 7.05 Å². The van der Waals surface area contributed by atoms with Gasteiger partial charge in [0.25, 0.3) is 0 Å². The lowest BCUT2D eigenvalue weighted by atomic mass is 10.1. The Morgan fingerprint density at radius 1 is 1.12 bits per heavy atom. The quantitative estimate of drug-likeness (QED) is 0.463. The van der Waals surface area contributed by atoms with Gasteiger partial charge in [-0.3, -0.25) is 4.79 Å². The lowest BCUT2D eigenvalue weighted by Gasteiger charge is -2.06. The van der Waals surface area contributed by atoms with Gasteiger partial charge in [-0.2, -0.15) is 0 Å². The molecule has 0 saturated heterocycles. The van der Waals surface area contributed by atoms with E-state index in [0.717, 1.165) is 27.9 Å². The molecule has 26 heavy (non-hydrogen) atoms. The summed E-state index contributed by atoms with van der Waals surface area (Å²) in [6.07, 6.45) is 0. The molecule has 0 saturated carbocycles. The lowest BCUT2D eigenvalue weighted by molar-refractivity contribution is 0.102. The van der Waals surface area contributed by atoms with Crippen LogP contribution < -0.4 is 4.74 Å². The number of carbonyl (C=O) groups excluding carboxylic acids is 1. The molecule has 0 atom stereocenters. The van der Waals surface area contributed by atoms with Gasteiger partial charge >= 0.3 is 0 Å². The SMILES string of the molecule is CCOc1ccc(C(=O)CSc2nnc(-c3ccccc3C)n2C)cc1. The van der Waals surface area contributed by atoms with Crippen molar-refractivity contribution in [3.8, 4) is 17.1 Å². The highest BCUT2D eigenvalue weighted by Crippen LogP contribution is 2.25. The molecule has 0 aliphatic heterocycles. The number of rotatable bonds is 7. The summed E-state index contributed by atoms with van der Waals surface area (Å²) in [5.41, 5.74) is 2.86. The standard InChI is InChI=1S/C20H21N3O2S/c1-4-25-16-11-9-15(10-12-16)18(24)13-26-20-22-21-19(23(20)3)17-8-6-5-7-14(17)2/h5-12H,4,13H2,1-3H3. The zero-order valence-electron chi connectivity index (χ0n) is 15.1. The van der Waals surface area contributed by atoms with E-state index in [2.05, 4.69) is 10.2 Å². The third-order valence-corrected chi connectivity index (χ3v) is 5.06. The highest BCUT2D eigenvalue weighted by atomic mass is 32.2. The molecule has 0 spiro atoms. The first-order valence-corrected chi connectivity index (χ1v) is 9.43. The van der Waals surface area contributed by atoms with E-state index < -0.39 is 0 Å². The fraction of sp³-hybridized carbons (Fsp3) is 0.250. The molecule has 0 aliphatic rings. The second-order valence-electron chi connectivity index (χ2n) is 5.85. The number of aromatic nitrogens is 3. The number of ether oxygens (including phenoxy) is 1. The van der Waals surface area contributed by atoms with Crippen molar-refractivity contribution in [2.45, 2.75) is 19.0 Å². The minimum absolute atomic E-state index is 0.0542. The number of nitrogens with zero attached hydrogens (tertiary/aromatic N) is 3. The van der Waals surface area contributed by atoms with Gasteiger partial charge in [0.05, 0.1) is 12.4 Å². The molecule has 5 nitrogen and oxygen atoms in total. The van der Waals surface area contributed by atoms with Crippen molar-refractivity contribution < 1.29 is 9.53 Å². The molecule has 0 unspecified atom stereocenters. The van der Waals surface area contributed by atoms with Crippen LogP contribution in [-0.4, -0.2) is 32.9 Å². The summed E-state index contributed by atoms with van der Waals surface area (Å²) in [5.74, 6) is 1.94. The molecule has 1 aromatic heterocycles. The zero-order valence-corrected chi connectivity index (χ0v) is 15.9. The third kappa shape index (κ3) is 3.96. The van der Waals surface area contributed by atoms with Gasteiger partial charge in [-0.05, 0) is 43.7 Å². The van der Waals surface area contributed by atoms with Crippen LogP contribution in [0.15, 0.2) is 53.7 Å². The predicted molar refractivity (Wildman–Crippen MR) is 104 cm³/mol. The van der Waals surface area contributed by atoms with E-state index >= 15 is 0 Å². The van der Waals surface area contributed by atoms with Crippen LogP contribution in [0.4, 0.5) is 0 Å². The maximum atomic E-state index is 12.4. The number of Topliss-reactive ketones (excluding diaryl/α,β-unsaturated/α-hetero) is 1. The Hall–Kier alpha value is -2.60. The van der Waals surface area contributed by atoms with E-state index in [4.69, 9.17) is 4.74 Å². The maximum Gasteiger partial charge on any atom is 0.191 e. The van der Waals surface area contributed by atoms with Crippen molar-refractivity contribution in [1.29, 1.82) is 0 Å². The fourth-order valence-corrected chi connectivity index (χ4v) is 3.42. The van der Waals surface area contributed by atoms with E-state index in [1.165, 1.54) is 11.8 Å². The van der Waals surface area contributed by atoms with Crippen molar-refractivity contribution in [3.63, 3.8) is 0 Å². The van der Waals surface area contributed by atoms with E-state index in [0.29, 0.717) is 17.9 Å². The van der Waals surface area contributed by atoms with Crippen molar-refractivity contribution >= 4 is 17.5 Å². The fourth-order valence-electron chi connectivity index (χ4n) is 2.62. The number of aryl methyl sites for hydroxylation is 1. The molecule has 1 heterocycles. The van der Waals surface area contributed by atoms with Crippen molar-refractivity contribution in [3.05, 3.63) is 59.7 Å². The highest BCUT2D eigenvalue weighted by Gasteiger charge is 2.15. The summed E-state index contributed by atoms with van der Waals surface area (Å²) in [6, 6.07) is 15.3. The topological polar surface area (TPSA) is 57.0 Å². The molecule has 0 aliphatic carbocycles. The summed E-state index contributed by atoms with van der Waals surface area (Å²) in [5, 5.41) is 9.26. The van der Waals surface area contributed by atoms with Crippen LogP contribution in [0.3, 0.4) is 0 Å². The Labute approximate surface area is 157 Å². The number of carbonyl (C=O) groups is 1. The van der Waals surface area contributed by atoms with Gasteiger partial charge in [-0.25, -0.2) is 0 Å². The first kappa shape index (κ1) is 18.2. The molecular weight excluding hydrogens is 346 g/mol. The first-order chi connectivity index (χ1) is 12.6. The Balaban J connectivity index is 1.68. The van der Waals surface area contributed by atoms with Crippen LogP contribution in [0.1, 0.15) is 22.8 Å². The number of hydrogen-bond acceptors (Lipinski definition) is 5. The second-order valence-corrected chi connectivity index (χ2v) is 6.79. The zero-order chi connectivity index (χ0) is 18.5. The van der Waals surface area contributed by atoms with Crippen molar-refractivity contribution in [2.75, 3.05) is 12.4 Å². The lowest BCUT2D eigenvalue weighted by Crippen LogP contribution is -2.04. The van der Waals surface area contributed by atoms with Crippen LogP contribution >= 0.6 is 11.8 Å². The van der Waals surface area contributed by atoms with E-state index in [9.17, 15) is 4.79 Å². The number of thioether (sulfide) groups is 1. The summed E-state index contributed by atoms with van der Waals surface area (Å²) < 4.78 is 7.33. The molecule has 2 aromatic carbocycles. The minimum atomic E-state index is 0.0542. The summed E-state index contributed by atoms with van der Waals surface area (Å²) >= 11 is 1.39. The van der Waals surface area contributed by atoms with E-state index in [-0.39, 0.29) is 5.78 Å². The molecule has 6 heteroatoms. The first-order valence-electron chi connectivity index (χ1n) is 8.44. The Kier molecular flexibility index (Phi) is 5.73. The molecule has 0 fully saturated rings. The van der Waals surface area contributed by atoms with Crippen molar-refractivity contribution in [1.82, 2.24) is 14.8 Å². The van der Waals surface area contributed by atoms with Gasteiger partial charge in [0.1, 0.15) is 5.75 Å². The molecular formula is C20H21N3O2S. The molecule has 0 bridgehead atoms. The number of benzene rings is 2. The molecule has 0 radical (unpaired) electrons. The predicted octanol–water partition coefficient (Wildman–Crippen LogP) is 4.16. The van der Waals surface area contributed by atoms with Crippen LogP contribution in [0.2, 0.25) is 0 Å². The molecule has 3 rings (SSSR count). The van der Waals surface area contributed by atoms with Gasteiger partial charge in [-0.15, -0.1) is 10.2 Å². The third-order valence-electron chi connectivity index (χ3n) is 4.04. The number of hydrogen-bond donors (Lipinski definition) is 0. The van der Waals surface area contributed by atoms with Gasteiger partial charge < -0.3 is 9.30 Å². The maximum absolute atomic E-state index is 12.4. The smallest absolute Gasteiger partial charge is 0.191 e. The van der Waals surface area contributed by atoms with Gasteiger partial charge in [0.15, 0.2) is 16.8 Å². The van der Waals surface area contributed by atoms with Crippen LogP contribution in [0, 0.1) is 6.92 Å². The van der Waals surface area contributed by atoms with E-state index in [1.54, 1.807) is 12.1 Å². The molecule has 0 N–H and O–H groups in total. The van der Waals surface area contributed by atoms with Crippen LogP contribution in [0.25, 0.3) is 11.4 Å². The van der Waals surface area contributed by atoms with Gasteiger partial charge in [-0.1, -0.05) is 36.0 Å². The summed E-state index contributed by atoms with van der Waals surface area (Å²) in [6.45, 7) is 4.59. The largest absolute Gasteiger partial charge is 0.494 e. The monoisotopic (exact) mass is 367 g/mol. The normalized spacial score (nSPS) is 10.7. The van der Waals surface area contributed by atoms with Crippen LogP contribution in [-0.2, 0) is 7.05 Å². The molecule has 134 valence electrons. The Morgan fingerprint density at radius 2 is 1.85 bits per heavy atom. The average molecular weight is 367 g/mol. The van der Waals surface area contributed by atoms with Gasteiger partial charge in [0, 0.05) is 18.2 Å². The average Bonchev–Trinajstić information content (AvgIpc) is 3.01. The van der Waals surface area contributed by atoms with E-state index in [1.807, 2.05) is 61.9 Å². The molecule has 3 aromatic rings. The highest BCUT2D eigenvalue weighted by molar-refractivity contribution is 7.99. The Morgan fingerprint density at radius 3 is 2.54 bits per heavy atom. The van der Waals surface area contributed by atoms with Crippen LogP contribution in [0.5, 0.6) is 5.75 Å². The Bertz CT molecular complexity index is 904.